The van der Waals surface area contributed by atoms with Crippen LogP contribution in [0.5, 0.6) is 0 Å². The van der Waals surface area contributed by atoms with Gasteiger partial charge in [0.25, 0.3) is 0 Å². The summed E-state index contributed by atoms with van der Waals surface area (Å²) in [7, 11) is 0. The number of benzene rings is 2. The van der Waals surface area contributed by atoms with Crippen LogP contribution in [0.3, 0.4) is 0 Å². The van der Waals surface area contributed by atoms with Crippen molar-refractivity contribution in [3.05, 3.63) is 53.6 Å². The number of anilines is 3. The number of esters is 1. The highest BCUT2D eigenvalue weighted by Gasteiger charge is 2.09. The van der Waals surface area contributed by atoms with Gasteiger partial charge in [0.2, 0.25) is 0 Å². The van der Waals surface area contributed by atoms with Gasteiger partial charge in [-0.25, -0.2) is 4.79 Å². The van der Waals surface area contributed by atoms with E-state index in [0.29, 0.717) is 23.8 Å². The van der Waals surface area contributed by atoms with Crippen molar-refractivity contribution in [2.24, 2.45) is 0 Å². The molecule has 0 radical (unpaired) electrons. The molecule has 22 heavy (non-hydrogen) atoms. The van der Waals surface area contributed by atoms with Crippen LogP contribution in [0.4, 0.5) is 17.1 Å². The Morgan fingerprint density at radius 1 is 1.18 bits per heavy atom. The molecular weight excluding hydrogens is 276 g/mol. The molecule has 4 nitrogen and oxygen atoms in total. The van der Waals surface area contributed by atoms with Gasteiger partial charge in [-0.05, 0) is 48.7 Å². The third-order valence-corrected chi connectivity index (χ3v) is 3.42. The van der Waals surface area contributed by atoms with Gasteiger partial charge >= 0.3 is 5.97 Å². The maximum absolute atomic E-state index is 11.7. The standard InChI is InChI=1S/C18H22N2O2/c1-4-22-18(21)14-7-10-17(16(19)11-14)20-15-8-5-13(6-9-15)12(2)3/h5-12,20H,4,19H2,1-3H3. The SMILES string of the molecule is CCOC(=O)c1ccc(Nc2ccc(C(C)C)cc2)c(N)c1. The summed E-state index contributed by atoms with van der Waals surface area (Å²) in [6, 6.07) is 13.4. The van der Waals surface area contributed by atoms with E-state index >= 15 is 0 Å². The summed E-state index contributed by atoms with van der Waals surface area (Å²) in [5.74, 6) is 0.144. The van der Waals surface area contributed by atoms with Crippen LogP contribution in [0.25, 0.3) is 0 Å². The fraction of sp³-hybridized carbons (Fsp3) is 0.278. The van der Waals surface area contributed by atoms with Crippen molar-refractivity contribution in [2.45, 2.75) is 26.7 Å². The van der Waals surface area contributed by atoms with Gasteiger partial charge in [-0.2, -0.15) is 0 Å². The Labute approximate surface area is 131 Å². The van der Waals surface area contributed by atoms with Gasteiger partial charge in [0.1, 0.15) is 0 Å². The summed E-state index contributed by atoms with van der Waals surface area (Å²) < 4.78 is 4.96. The first kappa shape index (κ1) is 15.9. The average Bonchev–Trinajstić information content (AvgIpc) is 2.50. The Morgan fingerprint density at radius 3 is 2.41 bits per heavy atom. The van der Waals surface area contributed by atoms with Crippen LogP contribution in [0.1, 0.15) is 42.6 Å². The summed E-state index contributed by atoms with van der Waals surface area (Å²) >= 11 is 0. The molecule has 0 aliphatic carbocycles. The molecule has 0 aliphatic heterocycles. The molecule has 3 N–H and O–H groups in total. The van der Waals surface area contributed by atoms with Crippen molar-refractivity contribution in [1.82, 2.24) is 0 Å². The van der Waals surface area contributed by atoms with Gasteiger partial charge in [-0.3, -0.25) is 0 Å². The molecular formula is C18H22N2O2. The van der Waals surface area contributed by atoms with Gasteiger partial charge < -0.3 is 15.8 Å². The molecule has 2 rings (SSSR count). The zero-order chi connectivity index (χ0) is 16.1. The van der Waals surface area contributed by atoms with Gasteiger partial charge in [-0.1, -0.05) is 26.0 Å². The van der Waals surface area contributed by atoms with Crippen LogP contribution < -0.4 is 11.1 Å². The van der Waals surface area contributed by atoms with Crippen molar-refractivity contribution in [3.8, 4) is 0 Å². The predicted molar refractivity (Wildman–Crippen MR) is 90.6 cm³/mol. The number of hydrogen-bond acceptors (Lipinski definition) is 4. The number of nitrogen functional groups attached to an aromatic ring is 1. The molecule has 0 aliphatic rings. The van der Waals surface area contributed by atoms with E-state index in [9.17, 15) is 4.79 Å². The van der Waals surface area contributed by atoms with Crippen LogP contribution in [0.15, 0.2) is 42.5 Å². The maximum atomic E-state index is 11.7. The van der Waals surface area contributed by atoms with E-state index < -0.39 is 0 Å². The van der Waals surface area contributed by atoms with Crippen LogP contribution in [0.2, 0.25) is 0 Å². The van der Waals surface area contributed by atoms with Crippen molar-refractivity contribution >= 4 is 23.0 Å². The Morgan fingerprint density at radius 2 is 1.86 bits per heavy atom. The number of hydrogen-bond donors (Lipinski definition) is 2. The monoisotopic (exact) mass is 298 g/mol. The Balaban J connectivity index is 2.14. The summed E-state index contributed by atoms with van der Waals surface area (Å²) in [4.78, 5) is 11.7. The number of rotatable bonds is 5. The fourth-order valence-electron chi connectivity index (χ4n) is 2.12. The minimum atomic E-state index is -0.359. The lowest BCUT2D eigenvalue weighted by atomic mass is 10.0. The second-order valence-electron chi connectivity index (χ2n) is 5.42. The molecule has 0 fully saturated rings. The number of ether oxygens (including phenoxy) is 1. The van der Waals surface area contributed by atoms with Gasteiger partial charge in [0.15, 0.2) is 0 Å². The molecule has 0 bridgehead atoms. The molecule has 0 saturated carbocycles. The molecule has 0 atom stereocenters. The van der Waals surface area contributed by atoms with Gasteiger partial charge in [0.05, 0.1) is 23.5 Å². The van der Waals surface area contributed by atoms with Crippen LogP contribution in [-0.2, 0) is 4.74 Å². The molecule has 0 saturated heterocycles. The third-order valence-electron chi connectivity index (χ3n) is 3.42. The van der Waals surface area contributed by atoms with Gasteiger partial charge in [0, 0.05) is 5.69 Å². The number of nitrogens with one attached hydrogen (secondary N) is 1. The average molecular weight is 298 g/mol. The molecule has 0 aromatic heterocycles. The van der Waals surface area contributed by atoms with E-state index in [1.54, 1.807) is 25.1 Å². The molecule has 0 amide bonds. The second-order valence-corrected chi connectivity index (χ2v) is 5.42. The first-order valence-electron chi connectivity index (χ1n) is 7.45. The first-order valence-corrected chi connectivity index (χ1v) is 7.45. The minimum absolute atomic E-state index is 0.348. The highest BCUT2D eigenvalue weighted by Crippen LogP contribution is 2.25. The summed E-state index contributed by atoms with van der Waals surface area (Å²) in [6.07, 6.45) is 0. The zero-order valence-electron chi connectivity index (χ0n) is 13.2. The lowest BCUT2D eigenvalue weighted by Gasteiger charge is -2.12. The van der Waals surface area contributed by atoms with Crippen LogP contribution in [0, 0.1) is 0 Å². The Hall–Kier alpha value is -2.49. The maximum Gasteiger partial charge on any atom is 0.338 e. The Kier molecular flexibility index (Phi) is 5.04. The quantitative estimate of drug-likeness (QED) is 0.637. The lowest BCUT2D eigenvalue weighted by molar-refractivity contribution is 0.0526. The highest BCUT2D eigenvalue weighted by atomic mass is 16.5. The summed E-state index contributed by atoms with van der Waals surface area (Å²) in [6.45, 7) is 6.45. The van der Waals surface area contributed by atoms with Crippen molar-refractivity contribution in [1.29, 1.82) is 0 Å². The zero-order valence-corrected chi connectivity index (χ0v) is 13.2. The minimum Gasteiger partial charge on any atom is -0.462 e. The van der Waals surface area contributed by atoms with Crippen molar-refractivity contribution < 1.29 is 9.53 Å². The van der Waals surface area contributed by atoms with E-state index in [1.807, 2.05) is 12.1 Å². The molecule has 2 aromatic rings. The topological polar surface area (TPSA) is 64.3 Å². The fourth-order valence-corrected chi connectivity index (χ4v) is 2.12. The van der Waals surface area contributed by atoms with E-state index in [1.165, 1.54) is 5.56 Å². The summed E-state index contributed by atoms with van der Waals surface area (Å²) in [5, 5.41) is 3.26. The van der Waals surface area contributed by atoms with E-state index in [2.05, 4.69) is 31.3 Å². The molecule has 2 aromatic carbocycles. The molecule has 0 spiro atoms. The molecule has 0 unspecified atom stereocenters. The van der Waals surface area contributed by atoms with E-state index in [0.717, 1.165) is 11.4 Å². The van der Waals surface area contributed by atoms with E-state index in [4.69, 9.17) is 10.5 Å². The lowest BCUT2D eigenvalue weighted by Crippen LogP contribution is -2.06. The third kappa shape index (κ3) is 3.79. The summed E-state index contributed by atoms with van der Waals surface area (Å²) in [5.41, 5.74) is 10.00. The van der Waals surface area contributed by atoms with Gasteiger partial charge in [-0.15, -0.1) is 0 Å². The van der Waals surface area contributed by atoms with E-state index in [-0.39, 0.29) is 5.97 Å². The molecule has 116 valence electrons. The van der Waals surface area contributed by atoms with Crippen LogP contribution in [-0.4, -0.2) is 12.6 Å². The molecule has 4 heteroatoms. The highest BCUT2D eigenvalue weighted by molar-refractivity contribution is 5.92. The van der Waals surface area contributed by atoms with Crippen molar-refractivity contribution in [3.63, 3.8) is 0 Å². The smallest absolute Gasteiger partial charge is 0.338 e. The Bertz CT molecular complexity index is 649. The number of carbonyl (C=O) groups is 1. The largest absolute Gasteiger partial charge is 0.462 e. The number of nitrogens with two attached hydrogens (primary N) is 1. The van der Waals surface area contributed by atoms with Crippen LogP contribution >= 0.6 is 0 Å². The first-order chi connectivity index (χ1) is 10.5. The molecule has 0 heterocycles. The normalized spacial score (nSPS) is 10.5. The second kappa shape index (κ2) is 6.98. The predicted octanol–water partition coefficient (Wildman–Crippen LogP) is 4.31. The number of carbonyl (C=O) groups excluding carboxylic acids is 1. The van der Waals surface area contributed by atoms with Crippen molar-refractivity contribution in [2.75, 3.05) is 17.7 Å².